The zero-order chi connectivity index (χ0) is 31.5. The summed E-state index contributed by atoms with van der Waals surface area (Å²) in [7, 11) is 0. The summed E-state index contributed by atoms with van der Waals surface area (Å²) >= 11 is 2.27. The minimum atomic E-state index is -0.659. The van der Waals surface area contributed by atoms with Crippen LogP contribution in [-0.2, 0) is 14.2 Å². The average molecular weight is 643 g/mol. The Labute approximate surface area is 264 Å². The SMILES string of the molecule is Cc1sc(C(=O)c2c[nH]c3ccccc23)nc1C(=O)OCCOCCOC(=O)c1nc(C(=O)c2c[nH]c3ccccc23)sc1C. The number of aromatic amines is 2. The number of esters is 2. The molecule has 4 aromatic heterocycles. The summed E-state index contributed by atoms with van der Waals surface area (Å²) < 4.78 is 16.0. The number of aromatic nitrogens is 4. The Morgan fingerprint density at radius 3 is 1.51 bits per heavy atom. The quantitative estimate of drug-likeness (QED) is 0.0976. The van der Waals surface area contributed by atoms with E-state index in [2.05, 4.69) is 19.9 Å². The molecule has 228 valence electrons. The topological polar surface area (TPSA) is 153 Å². The van der Waals surface area contributed by atoms with E-state index >= 15 is 0 Å². The second kappa shape index (κ2) is 12.9. The van der Waals surface area contributed by atoms with Crippen molar-refractivity contribution in [2.24, 2.45) is 0 Å². The number of rotatable bonds is 12. The van der Waals surface area contributed by atoms with Crippen LogP contribution in [0, 0.1) is 13.8 Å². The number of nitrogens with one attached hydrogen (secondary N) is 2. The summed E-state index contributed by atoms with van der Waals surface area (Å²) in [4.78, 5) is 67.1. The zero-order valence-electron chi connectivity index (χ0n) is 24.2. The van der Waals surface area contributed by atoms with Crippen molar-refractivity contribution in [2.75, 3.05) is 26.4 Å². The monoisotopic (exact) mass is 642 g/mol. The summed E-state index contributed by atoms with van der Waals surface area (Å²) in [5.41, 5.74) is 2.81. The number of aryl methyl sites for hydroxylation is 2. The predicted molar refractivity (Wildman–Crippen MR) is 169 cm³/mol. The van der Waals surface area contributed by atoms with Crippen molar-refractivity contribution >= 4 is 68.0 Å². The van der Waals surface area contributed by atoms with Gasteiger partial charge in [0, 0.05) is 44.0 Å². The van der Waals surface area contributed by atoms with Gasteiger partial charge in [-0.25, -0.2) is 19.6 Å². The van der Waals surface area contributed by atoms with Crippen molar-refractivity contribution in [1.29, 1.82) is 0 Å². The van der Waals surface area contributed by atoms with Crippen LogP contribution in [0.1, 0.15) is 61.5 Å². The molecule has 2 aromatic carbocycles. The molecule has 2 N–H and O–H groups in total. The molecule has 6 rings (SSSR count). The molecule has 0 bridgehead atoms. The van der Waals surface area contributed by atoms with Crippen molar-refractivity contribution < 1.29 is 33.4 Å². The minimum Gasteiger partial charge on any atom is -0.458 e. The third-order valence-corrected chi connectivity index (χ3v) is 8.90. The molecule has 11 nitrogen and oxygen atoms in total. The van der Waals surface area contributed by atoms with Gasteiger partial charge in [0.05, 0.1) is 24.3 Å². The number of ether oxygens (including phenoxy) is 3. The highest BCUT2D eigenvalue weighted by atomic mass is 32.1. The van der Waals surface area contributed by atoms with E-state index < -0.39 is 11.9 Å². The summed E-state index contributed by atoms with van der Waals surface area (Å²) in [6.45, 7) is 3.42. The second-order valence-corrected chi connectivity index (χ2v) is 12.3. The van der Waals surface area contributed by atoms with Crippen LogP contribution in [0.2, 0.25) is 0 Å². The van der Waals surface area contributed by atoms with Gasteiger partial charge in [-0.15, -0.1) is 22.7 Å². The van der Waals surface area contributed by atoms with Crippen LogP contribution in [0.5, 0.6) is 0 Å². The molecular formula is C32H26N4O7S2. The number of para-hydroxylation sites is 2. The van der Waals surface area contributed by atoms with Gasteiger partial charge >= 0.3 is 11.9 Å². The van der Waals surface area contributed by atoms with E-state index in [0.717, 1.165) is 44.5 Å². The highest BCUT2D eigenvalue weighted by molar-refractivity contribution is 7.14. The highest BCUT2D eigenvalue weighted by Crippen LogP contribution is 2.27. The summed E-state index contributed by atoms with van der Waals surface area (Å²) in [5.74, 6) is -1.87. The van der Waals surface area contributed by atoms with Gasteiger partial charge in [-0.3, -0.25) is 9.59 Å². The molecule has 0 unspecified atom stereocenters. The van der Waals surface area contributed by atoms with E-state index in [9.17, 15) is 19.2 Å². The van der Waals surface area contributed by atoms with Gasteiger partial charge in [0.1, 0.15) is 13.2 Å². The van der Waals surface area contributed by atoms with Gasteiger partial charge < -0.3 is 24.2 Å². The Morgan fingerprint density at radius 1 is 0.644 bits per heavy atom. The minimum absolute atomic E-state index is 0.0556. The molecular weight excluding hydrogens is 617 g/mol. The fraction of sp³-hybridized carbons (Fsp3) is 0.188. The predicted octanol–water partition coefficient (Wildman–Crippen LogP) is 5.67. The Balaban J connectivity index is 0.945. The largest absolute Gasteiger partial charge is 0.458 e. The maximum atomic E-state index is 13.1. The fourth-order valence-corrected chi connectivity index (χ4v) is 6.45. The number of ketones is 2. The molecule has 0 saturated heterocycles. The number of fused-ring (bicyclic) bond motifs is 2. The molecule has 45 heavy (non-hydrogen) atoms. The smallest absolute Gasteiger partial charge is 0.358 e. The number of carbonyl (C=O) groups is 4. The van der Waals surface area contributed by atoms with Crippen LogP contribution in [-0.4, -0.2) is 69.9 Å². The van der Waals surface area contributed by atoms with Crippen molar-refractivity contribution in [3.8, 4) is 0 Å². The third kappa shape index (κ3) is 6.18. The number of nitrogens with zero attached hydrogens (tertiary/aromatic N) is 2. The van der Waals surface area contributed by atoms with Crippen molar-refractivity contribution in [2.45, 2.75) is 13.8 Å². The molecule has 0 atom stereocenters. The molecule has 13 heteroatoms. The van der Waals surface area contributed by atoms with E-state index in [-0.39, 0.29) is 59.4 Å². The Bertz CT molecular complexity index is 1920. The molecule has 0 amide bonds. The van der Waals surface area contributed by atoms with Crippen molar-refractivity contribution in [1.82, 2.24) is 19.9 Å². The molecule has 0 spiro atoms. The standard InChI is InChI=1S/C32H26N4O7S2/c1-17-25(35-29(44-17)27(37)21-15-33-23-9-5-3-7-19(21)23)31(39)42-13-11-41-12-14-43-32(40)26-18(2)45-30(36-26)28(38)22-16-34-24-10-6-4-8-20(22)24/h3-10,15-16,33-34H,11-14H2,1-2H3. The molecule has 0 fully saturated rings. The lowest BCUT2D eigenvalue weighted by Gasteiger charge is -2.06. The molecule has 0 saturated carbocycles. The summed E-state index contributed by atoms with van der Waals surface area (Å²) in [6, 6.07) is 14.9. The van der Waals surface area contributed by atoms with Crippen LogP contribution >= 0.6 is 22.7 Å². The van der Waals surface area contributed by atoms with Gasteiger partial charge in [0.15, 0.2) is 21.4 Å². The molecule has 6 aromatic rings. The number of H-pyrrole nitrogens is 2. The van der Waals surface area contributed by atoms with Crippen LogP contribution in [0.3, 0.4) is 0 Å². The first kappa shape index (κ1) is 30.1. The fourth-order valence-electron chi connectivity index (χ4n) is 4.74. The number of hydrogen-bond donors (Lipinski definition) is 2. The lowest BCUT2D eigenvalue weighted by molar-refractivity contribution is 0.0146. The zero-order valence-corrected chi connectivity index (χ0v) is 25.8. The lowest BCUT2D eigenvalue weighted by Crippen LogP contribution is -2.16. The first-order chi connectivity index (χ1) is 21.8. The molecule has 0 aliphatic rings. The van der Waals surface area contributed by atoms with Gasteiger partial charge in [0.2, 0.25) is 11.6 Å². The first-order valence-electron chi connectivity index (χ1n) is 13.9. The van der Waals surface area contributed by atoms with Crippen molar-refractivity contribution in [3.63, 3.8) is 0 Å². The maximum Gasteiger partial charge on any atom is 0.358 e. The number of benzene rings is 2. The number of hydrogen-bond acceptors (Lipinski definition) is 11. The van der Waals surface area contributed by atoms with E-state index in [0.29, 0.717) is 20.9 Å². The Hall–Kier alpha value is -4.98. The normalized spacial score (nSPS) is 11.2. The average Bonchev–Trinajstić information content (AvgIpc) is 3.84. The summed E-state index contributed by atoms with van der Waals surface area (Å²) in [5, 5.41) is 1.97. The Morgan fingerprint density at radius 2 is 1.07 bits per heavy atom. The van der Waals surface area contributed by atoms with Crippen LogP contribution in [0.4, 0.5) is 0 Å². The number of carbonyl (C=O) groups excluding carboxylic acids is 4. The third-order valence-electron chi connectivity index (χ3n) is 6.96. The first-order valence-corrected chi connectivity index (χ1v) is 15.5. The second-order valence-electron chi connectivity index (χ2n) is 9.89. The molecule has 0 radical (unpaired) electrons. The van der Waals surface area contributed by atoms with E-state index in [1.54, 1.807) is 26.2 Å². The Kier molecular flexibility index (Phi) is 8.65. The van der Waals surface area contributed by atoms with E-state index in [1.807, 2.05) is 48.5 Å². The van der Waals surface area contributed by atoms with E-state index in [4.69, 9.17) is 14.2 Å². The van der Waals surface area contributed by atoms with Crippen LogP contribution in [0.25, 0.3) is 21.8 Å². The van der Waals surface area contributed by atoms with Gasteiger partial charge in [-0.1, -0.05) is 36.4 Å². The van der Waals surface area contributed by atoms with Gasteiger partial charge in [-0.05, 0) is 26.0 Å². The van der Waals surface area contributed by atoms with Crippen LogP contribution < -0.4 is 0 Å². The van der Waals surface area contributed by atoms with Gasteiger partial charge in [0.25, 0.3) is 0 Å². The summed E-state index contributed by atoms with van der Waals surface area (Å²) in [6.07, 6.45) is 3.28. The molecule has 0 aliphatic heterocycles. The molecule has 0 aliphatic carbocycles. The van der Waals surface area contributed by atoms with Crippen molar-refractivity contribution in [3.05, 3.63) is 103 Å². The maximum absolute atomic E-state index is 13.1. The van der Waals surface area contributed by atoms with Gasteiger partial charge in [-0.2, -0.15) is 0 Å². The lowest BCUT2D eigenvalue weighted by atomic mass is 10.1. The highest BCUT2D eigenvalue weighted by Gasteiger charge is 2.24. The molecule has 4 heterocycles. The van der Waals surface area contributed by atoms with Crippen LogP contribution in [0.15, 0.2) is 60.9 Å². The van der Waals surface area contributed by atoms with E-state index in [1.165, 1.54) is 0 Å². The number of thiazole rings is 2.